The largest absolute Gasteiger partial charge is 0.497 e. The lowest BCUT2D eigenvalue weighted by molar-refractivity contribution is -0.137. The summed E-state index contributed by atoms with van der Waals surface area (Å²) >= 11 is 0. The van der Waals surface area contributed by atoms with Gasteiger partial charge in [0.15, 0.2) is 0 Å². The van der Waals surface area contributed by atoms with Gasteiger partial charge < -0.3 is 19.9 Å². The second-order valence-corrected chi connectivity index (χ2v) is 6.91. The Kier molecular flexibility index (Phi) is 6.19. The number of fused-ring (bicyclic) bond motifs is 1. The number of aliphatic carboxylic acids is 1. The second-order valence-electron chi connectivity index (χ2n) is 6.91. The molecule has 0 saturated carbocycles. The molecule has 0 aliphatic heterocycles. The molecule has 0 fully saturated rings. The van der Waals surface area contributed by atoms with Gasteiger partial charge in [0.1, 0.15) is 11.5 Å². The normalized spacial score (nSPS) is 16.6. The Bertz CT molecular complexity index is 864. The van der Waals surface area contributed by atoms with Gasteiger partial charge in [-0.2, -0.15) is 0 Å². The summed E-state index contributed by atoms with van der Waals surface area (Å²) in [7, 11) is 3.06. The van der Waals surface area contributed by atoms with E-state index in [0.29, 0.717) is 17.1 Å². The molecule has 1 aliphatic rings. The molecule has 2 aromatic carbocycles. The van der Waals surface area contributed by atoms with Crippen molar-refractivity contribution < 1.29 is 24.2 Å². The van der Waals surface area contributed by atoms with Crippen LogP contribution in [0.4, 0.5) is 0 Å². The molecular weight excluding hydrogens is 358 g/mol. The van der Waals surface area contributed by atoms with Gasteiger partial charge >= 0.3 is 5.97 Å². The Hall–Kier alpha value is -3.02. The van der Waals surface area contributed by atoms with Crippen molar-refractivity contribution in [3.05, 3.63) is 59.2 Å². The molecule has 6 nitrogen and oxygen atoms in total. The van der Waals surface area contributed by atoms with Crippen LogP contribution in [0.25, 0.3) is 0 Å². The van der Waals surface area contributed by atoms with E-state index in [0.717, 1.165) is 24.8 Å². The van der Waals surface area contributed by atoms with E-state index in [-0.39, 0.29) is 18.2 Å². The van der Waals surface area contributed by atoms with Gasteiger partial charge in [0.25, 0.3) is 0 Å². The summed E-state index contributed by atoms with van der Waals surface area (Å²) in [6.45, 7) is 0. The van der Waals surface area contributed by atoms with Crippen LogP contribution in [0, 0.1) is 0 Å². The number of carboxylic acids is 1. The highest BCUT2D eigenvalue weighted by molar-refractivity contribution is 5.85. The highest BCUT2D eigenvalue weighted by Gasteiger charge is 2.29. The van der Waals surface area contributed by atoms with Crippen LogP contribution in [0.15, 0.2) is 42.5 Å². The maximum Gasteiger partial charge on any atom is 0.305 e. The lowest BCUT2D eigenvalue weighted by Crippen LogP contribution is -2.35. The molecule has 0 spiro atoms. The molecule has 2 unspecified atom stereocenters. The van der Waals surface area contributed by atoms with Gasteiger partial charge in [-0.3, -0.25) is 9.59 Å². The number of nitrogens with one attached hydrogen (secondary N) is 1. The number of hydrogen-bond donors (Lipinski definition) is 2. The van der Waals surface area contributed by atoms with Crippen molar-refractivity contribution in [3.63, 3.8) is 0 Å². The van der Waals surface area contributed by atoms with Gasteiger partial charge in [-0.15, -0.1) is 0 Å². The number of rotatable bonds is 7. The van der Waals surface area contributed by atoms with Crippen LogP contribution >= 0.6 is 0 Å². The topological polar surface area (TPSA) is 84.9 Å². The van der Waals surface area contributed by atoms with E-state index in [1.54, 1.807) is 25.3 Å². The van der Waals surface area contributed by atoms with Crippen LogP contribution in [0.2, 0.25) is 0 Å². The van der Waals surface area contributed by atoms with E-state index in [9.17, 15) is 14.7 Å². The Morgan fingerprint density at radius 1 is 1.18 bits per heavy atom. The van der Waals surface area contributed by atoms with Crippen LogP contribution in [0.5, 0.6) is 11.5 Å². The maximum atomic E-state index is 13.1. The van der Waals surface area contributed by atoms with Crippen LogP contribution in [-0.4, -0.2) is 31.2 Å². The number of methoxy groups -OCH3 is 2. The number of carbonyl (C=O) groups excluding carboxylic acids is 1. The molecule has 2 atom stereocenters. The highest BCUT2D eigenvalue weighted by Crippen LogP contribution is 2.34. The van der Waals surface area contributed by atoms with Crippen molar-refractivity contribution in [1.82, 2.24) is 5.32 Å². The number of aryl methyl sites for hydroxylation is 1. The van der Waals surface area contributed by atoms with E-state index < -0.39 is 12.0 Å². The number of ether oxygens (including phenoxy) is 2. The standard InChI is InChI=1S/C22H25NO5/c1-27-15-10-11-18(20(12-15)28-2)19(13-21(24)25)23-22(26)17-9-5-7-14-6-3-4-8-16(14)17/h3-4,6,8,10-12,17,19H,5,7,9,13H2,1-2H3,(H,23,26)(H,24,25). The zero-order valence-electron chi connectivity index (χ0n) is 16.1. The summed E-state index contributed by atoms with van der Waals surface area (Å²) in [6.07, 6.45) is 2.42. The molecule has 1 amide bonds. The quantitative estimate of drug-likeness (QED) is 0.765. The van der Waals surface area contributed by atoms with Crippen LogP contribution in [0.3, 0.4) is 0 Å². The summed E-state index contributed by atoms with van der Waals surface area (Å²) in [5.74, 6) is -0.342. The minimum Gasteiger partial charge on any atom is -0.497 e. The van der Waals surface area contributed by atoms with Crippen LogP contribution in [-0.2, 0) is 16.0 Å². The molecule has 3 rings (SSSR count). The number of carboxylic acid groups (broad SMARTS) is 1. The second kappa shape index (κ2) is 8.78. The summed E-state index contributed by atoms with van der Waals surface area (Å²) in [4.78, 5) is 24.5. The van der Waals surface area contributed by atoms with E-state index in [4.69, 9.17) is 9.47 Å². The molecule has 6 heteroatoms. The summed E-state index contributed by atoms with van der Waals surface area (Å²) in [6, 6.07) is 12.4. The number of carbonyl (C=O) groups is 2. The van der Waals surface area contributed by atoms with Gasteiger partial charge in [-0.25, -0.2) is 0 Å². The van der Waals surface area contributed by atoms with E-state index in [1.807, 2.05) is 18.2 Å². The first-order chi connectivity index (χ1) is 13.5. The lowest BCUT2D eigenvalue weighted by Gasteiger charge is -2.27. The molecule has 1 aliphatic carbocycles. The molecule has 148 valence electrons. The van der Waals surface area contributed by atoms with Gasteiger partial charge in [0.05, 0.1) is 32.6 Å². The molecule has 0 radical (unpaired) electrons. The predicted molar refractivity (Wildman–Crippen MR) is 105 cm³/mol. The minimum absolute atomic E-state index is 0.156. The summed E-state index contributed by atoms with van der Waals surface area (Å²) in [5, 5.41) is 12.3. The Balaban J connectivity index is 1.88. The molecule has 0 aromatic heterocycles. The monoisotopic (exact) mass is 383 g/mol. The zero-order valence-corrected chi connectivity index (χ0v) is 16.1. The van der Waals surface area contributed by atoms with E-state index in [1.165, 1.54) is 12.7 Å². The van der Waals surface area contributed by atoms with Crippen molar-refractivity contribution in [2.75, 3.05) is 14.2 Å². The number of amides is 1. The fourth-order valence-corrected chi connectivity index (χ4v) is 3.82. The Morgan fingerprint density at radius 2 is 1.96 bits per heavy atom. The molecule has 0 heterocycles. The van der Waals surface area contributed by atoms with E-state index in [2.05, 4.69) is 11.4 Å². The molecule has 2 aromatic rings. The number of benzene rings is 2. The Morgan fingerprint density at radius 3 is 2.68 bits per heavy atom. The van der Waals surface area contributed by atoms with E-state index >= 15 is 0 Å². The summed E-state index contributed by atoms with van der Waals surface area (Å²) < 4.78 is 10.6. The van der Waals surface area contributed by atoms with Crippen LogP contribution < -0.4 is 14.8 Å². The zero-order chi connectivity index (χ0) is 20.1. The molecular formula is C22H25NO5. The average molecular weight is 383 g/mol. The molecule has 28 heavy (non-hydrogen) atoms. The average Bonchev–Trinajstić information content (AvgIpc) is 2.71. The van der Waals surface area contributed by atoms with Crippen molar-refractivity contribution in [2.45, 2.75) is 37.6 Å². The third-order valence-electron chi connectivity index (χ3n) is 5.20. The first-order valence-corrected chi connectivity index (χ1v) is 9.35. The maximum absolute atomic E-state index is 13.1. The predicted octanol–water partition coefficient (Wildman–Crippen LogP) is 3.46. The van der Waals surface area contributed by atoms with Crippen LogP contribution in [0.1, 0.15) is 47.9 Å². The minimum atomic E-state index is -0.993. The number of hydrogen-bond acceptors (Lipinski definition) is 4. The van der Waals surface area contributed by atoms with Gasteiger partial charge in [-0.05, 0) is 42.5 Å². The third-order valence-corrected chi connectivity index (χ3v) is 5.20. The van der Waals surface area contributed by atoms with Gasteiger partial charge in [-0.1, -0.05) is 24.3 Å². The molecule has 0 saturated heterocycles. The van der Waals surface area contributed by atoms with Gasteiger partial charge in [0, 0.05) is 11.6 Å². The first-order valence-electron chi connectivity index (χ1n) is 9.35. The van der Waals surface area contributed by atoms with Crippen molar-refractivity contribution in [2.24, 2.45) is 0 Å². The SMILES string of the molecule is COc1ccc(C(CC(=O)O)NC(=O)C2CCCc3ccccc32)c(OC)c1. The fraction of sp³-hybridized carbons (Fsp3) is 0.364. The van der Waals surface area contributed by atoms with Gasteiger partial charge in [0.2, 0.25) is 5.91 Å². The van der Waals surface area contributed by atoms with Crippen molar-refractivity contribution in [3.8, 4) is 11.5 Å². The van der Waals surface area contributed by atoms with Crippen molar-refractivity contribution in [1.29, 1.82) is 0 Å². The third kappa shape index (κ3) is 4.27. The summed E-state index contributed by atoms with van der Waals surface area (Å²) in [5.41, 5.74) is 2.83. The molecule has 2 N–H and O–H groups in total. The smallest absolute Gasteiger partial charge is 0.305 e. The fourth-order valence-electron chi connectivity index (χ4n) is 3.82. The Labute approximate surface area is 164 Å². The first kappa shape index (κ1) is 19.7. The lowest BCUT2D eigenvalue weighted by atomic mass is 9.82. The van der Waals surface area contributed by atoms with Crippen molar-refractivity contribution >= 4 is 11.9 Å². The highest BCUT2D eigenvalue weighted by atomic mass is 16.5. The molecule has 0 bridgehead atoms.